The summed E-state index contributed by atoms with van der Waals surface area (Å²) >= 11 is 0. The summed E-state index contributed by atoms with van der Waals surface area (Å²) in [6.07, 6.45) is 3.61. The largest absolute Gasteiger partial charge is 0.493 e. The van der Waals surface area contributed by atoms with Crippen molar-refractivity contribution in [3.63, 3.8) is 0 Å². The number of aromatic amines is 1. The number of anilines is 1. The van der Waals surface area contributed by atoms with Crippen molar-refractivity contribution in [2.75, 3.05) is 26.1 Å². The summed E-state index contributed by atoms with van der Waals surface area (Å²) in [7, 11) is 3.30. The molecule has 0 amide bonds. The zero-order valence-electron chi connectivity index (χ0n) is 16.8. The Bertz CT molecular complexity index is 1190. The summed E-state index contributed by atoms with van der Waals surface area (Å²) in [6, 6.07) is 19.8. The first-order valence-corrected chi connectivity index (χ1v) is 9.62. The number of benzene rings is 2. The van der Waals surface area contributed by atoms with Gasteiger partial charge in [-0.15, -0.1) is 0 Å². The molecular weight excluding hydrogens is 376 g/mol. The normalized spacial score (nSPS) is 11.6. The number of methoxy groups -OCH3 is 2. The molecule has 4 aromatic rings. The van der Waals surface area contributed by atoms with Crippen LogP contribution in [-0.4, -0.2) is 30.7 Å². The lowest BCUT2D eigenvalue weighted by atomic mass is 9.90. The molecule has 0 saturated carbocycles. The van der Waals surface area contributed by atoms with E-state index in [4.69, 9.17) is 14.7 Å². The highest BCUT2D eigenvalue weighted by molar-refractivity contribution is 5.84. The van der Waals surface area contributed by atoms with Gasteiger partial charge in [0, 0.05) is 41.3 Å². The lowest BCUT2D eigenvalue weighted by Crippen LogP contribution is -2.15. The highest BCUT2D eigenvalue weighted by Gasteiger charge is 2.23. The van der Waals surface area contributed by atoms with E-state index in [1.807, 2.05) is 36.5 Å². The highest BCUT2D eigenvalue weighted by Crippen LogP contribution is 2.40. The van der Waals surface area contributed by atoms with Gasteiger partial charge in [-0.05, 0) is 29.8 Å². The van der Waals surface area contributed by atoms with Gasteiger partial charge in [-0.25, -0.2) is 4.98 Å². The molecule has 150 valence electrons. The predicted molar refractivity (Wildman–Crippen MR) is 117 cm³/mol. The number of aromatic nitrogens is 2. The summed E-state index contributed by atoms with van der Waals surface area (Å²) in [5.74, 6) is 2.09. The number of hydrogen-bond donors (Lipinski definition) is 2. The minimum Gasteiger partial charge on any atom is -0.493 e. The van der Waals surface area contributed by atoms with Gasteiger partial charge in [-0.2, -0.15) is 5.26 Å². The van der Waals surface area contributed by atoms with Crippen molar-refractivity contribution < 1.29 is 9.47 Å². The molecule has 0 fully saturated rings. The monoisotopic (exact) mass is 398 g/mol. The number of rotatable bonds is 7. The first kappa shape index (κ1) is 19.3. The van der Waals surface area contributed by atoms with Gasteiger partial charge < -0.3 is 19.8 Å². The van der Waals surface area contributed by atoms with Crippen molar-refractivity contribution >= 4 is 16.7 Å². The van der Waals surface area contributed by atoms with Gasteiger partial charge in [0.15, 0.2) is 11.5 Å². The van der Waals surface area contributed by atoms with Gasteiger partial charge in [-0.3, -0.25) is 0 Å². The molecular formula is C24H22N4O2. The van der Waals surface area contributed by atoms with Crippen molar-refractivity contribution in [3.8, 4) is 17.6 Å². The number of nitrogens with zero attached hydrogens (tertiary/aromatic N) is 2. The molecule has 0 radical (unpaired) electrons. The van der Waals surface area contributed by atoms with Crippen LogP contribution in [0.3, 0.4) is 0 Å². The Morgan fingerprint density at radius 1 is 1.03 bits per heavy atom. The second kappa shape index (κ2) is 8.58. The van der Waals surface area contributed by atoms with E-state index in [-0.39, 0.29) is 5.92 Å². The number of para-hydroxylation sites is 2. The maximum atomic E-state index is 8.99. The molecule has 4 rings (SSSR count). The Hall–Kier alpha value is -3.98. The second-order valence-electron chi connectivity index (χ2n) is 6.85. The zero-order chi connectivity index (χ0) is 20.9. The molecule has 2 N–H and O–H groups in total. The minimum atomic E-state index is -0.0244. The van der Waals surface area contributed by atoms with Crippen LogP contribution >= 0.6 is 0 Å². The van der Waals surface area contributed by atoms with Crippen LogP contribution in [0.4, 0.5) is 5.82 Å². The number of nitriles is 1. The molecule has 2 aromatic heterocycles. The quantitative estimate of drug-likeness (QED) is 0.472. The topological polar surface area (TPSA) is 83.0 Å². The highest BCUT2D eigenvalue weighted by atomic mass is 16.5. The maximum Gasteiger partial charge on any atom is 0.164 e. The summed E-state index contributed by atoms with van der Waals surface area (Å²) in [6.45, 7) is 0.588. The van der Waals surface area contributed by atoms with Gasteiger partial charge in [-0.1, -0.05) is 30.3 Å². The number of ether oxygens (including phenoxy) is 2. The number of pyridine rings is 1. The molecule has 0 bridgehead atoms. The van der Waals surface area contributed by atoms with Crippen molar-refractivity contribution in [3.05, 3.63) is 83.7 Å². The smallest absolute Gasteiger partial charge is 0.164 e. The Balaban J connectivity index is 1.76. The summed E-state index contributed by atoms with van der Waals surface area (Å²) < 4.78 is 11.3. The lowest BCUT2D eigenvalue weighted by molar-refractivity contribution is 0.350. The van der Waals surface area contributed by atoms with E-state index in [1.54, 1.807) is 26.5 Å². The summed E-state index contributed by atoms with van der Waals surface area (Å²) in [5.41, 5.74) is 3.78. The SMILES string of the molecule is COc1cccc(C(CNc2ccc(C#N)cn2)c2c[nH]c3ccccc23)c1OC. The van der Waals surface area contributed by atoms with Crippen molar-refractivity contribution in [1.82, 2.24) is 9.97 Å². The first-order chi connectivity index (χ1) is 14.7. The molecule has 2 heterocycles. The molecule has 6 heteroatoms. The first-order valence-electron chi connectivity index (χ1n) is 9.62. The van der Waals surface area contributed by atoms with Gasteiger partial charge in [0.2, 0.25) is 0 Å². The molecule has 2 aromatic carbocycles. The van der Waals surface area contributed by atoms with Gasteiger partial charge in [0.1, 0.15) is 11.9 Å². The fraction of sp³-hybridized carbons (Fsp3) is 0.167. The number of nitrogens with one attached hydrogen (secondary N) is 2. The van der Waals surface area contributed by atoms with Crippen LogP contribution in [-0.2, 0) is 0 Å². The zero-order valence-corrected chi connectivity index (χ0v) is 16.8. The molecule has 0 saturated heterocycles. The van der Waals surface area contributed by atoms with E-state index in [1.165, 1.54) is 0 Å². The average molecular weight is 398 g/mol. The Labute approximate surface area is 175 Å². The predicted octanol–water partition coefficient (Wildman–Crippen LogP) is 4.70. The third-order valence-corrected chi connectivity index (χ3v) is 5.19. The minimum absolute atomic E-state index is 0.0244. The van der Waals surface area contributed by atoms with Gasteiger partial charge in [0.25, 0.3) is 0 Å². The molecule has 30 heavy (non-hydrogen) atoms. The third-order valence-electron chi connectivity index (χ3n) is 5.19. The molecule has 1 atom stereocenters. The molecule has 1 unspecified atom stereocenters. The fourth-order valence-corrected chi connectivity index (χ4v) is 3.73. The van der Waals surface area contributed by atoms with Crippen LogP contribution in [0.25, 0.3) is 10.9 Å². The van der Waals surface area contributed by atoms with E-state index in [2.05, 4.69) is 39.6 Å². The molecule has 6 nitrogen and oxygen atoms in total. The molecule has 0 aliphatic rings. The lowest BCUT2D eigenvalue weighted by Gasteiger charge is -2.22. The second-order valence-corrected chi connectivity index (χ2v) is 6.85. The Morgan fingerprint density at radius 3 is 2.63 bits per heavy atom. The number of fused-ring (bicyclic) bond motifs is 1. The van der Waals surface area contributed by atoms with Crippen LogP contribution in [0.5, 0.6) is 11.5 Å². The van der Waals surface area contributed by atoms with E-state index < -0.39 is 0 Å². The molecule has 0 aliphatic carbocycles. The van der Waals surface area contributed by atoms with E-state index in [0.717, 1.165) is 22.0 Å². The fourth-order valence-electron chi connectivity index (χ4n) is 3.73. The average Bonchev–Trinajstić information content (AvgIpc) is 3.23. The number of hydrogen-bond acceptors (Lipinski definition) is 5. The summed E-state index contributed by atoms with van der Waals surface area (Å²) in [4.78, 5) is 7.70. The van der Waals surface area contributed by atoms with Crippen molar-refractivity contribution in [1.29, 1.82) is 5.26 Å². The van der Waals surface area contributed by atoms with Crippen LogP contribution in [0.15, 0.2) is 67.0 Å². The van der Waals surface area contributed by atoms with E-state index in [0.29, 0.717) is 29.4 Å². The Kier molecular flexibility index (Phi) is 5.53. The van der Waals surface area contributed by atoms with Crippen molar-refractivity contribution in [2.24, 2.45) is 0 Å². The molecule has 0 aliphatic heterocycles. The standard InChI is InChI=1S/C24H22N4O2/c1-29-22-9-5-7-18(24(22)30-2)20(15-28-23-11-10-16(12-25)13-27-23)19-14-26-21-8-4-3-6-17(19)21/h3-11,13-14,20,26H,15H2,1-2H3,(H,27,28). The van der Waals surface area contributed by atoms with Crippen LogP contribution in [0.1, 0.15) is 22.6 Å². The van der Waals surface area contributed by atoms with Crippen LogP contribution in [0.2, 0.25) is 0 Å². The van der Waals surface area contributed by atoms with E-state index in [9.17, 15) is 0 Å². The number of H-pyrrole nitrogens is 1. The maximum absolute atomic E-state index is 8.99. The third kappa shape index (κ3) is 3.65. The van der Waals surface area contributed by atoms with Crippen LogP contribution < -0.4 is 14.8 Å². The van der Waals surface area contributed by atoms with Crippen molar-refractivity contribution in [2.45, 2.75) is 5.92 Å². The molecule has 0 spiro atoms. The Morgan fingerprint density at radius 2 is 1.90 bits per heavy atom. The van der Waals surface area contributed by atoms with E-state index >= 15 is 0 Å². The van der Waals surface area contributed by atoms with Crippen LogP contribution in [0, 0.1) is 11.3 Å². The van der Waals surface area contributed by atoms with Gasteiger partial charge >= 0.3 is 0 Å². The summed E-state index contributed by atoms with van der Waals surface area (Å²) in [5, 5.41) is 13.5. The van der Waals surface area contributed by atoms with Gasteiger partial charge in [0.05, 0.1) is 19.8 Å².